The van der Waals surface area contributed by atoms with Gasteiger partial charge in [0.1, 0.15) is 5.75 Å². The lowest BCUT2D eigenvalue weighted by Crippen LogP contribution is -2.38. The van der Waals surface area contributed by atoms with E-state index in [1.165, 1.54) is 26.3 Å². The Kier molecular flexibility index (Phi) is 7.33. The molecule has 0 saturated carbocycles. The van der Waals surface area contributed by atoms with E-state index in [9.17, 15) is 26.3 Å². The second kappa shape index (κ2) is 9.33. The predicted molar refractivity (Wildman–Crippen MR) is 97.0 cm³/mol. The van der Waals surface area contributed by atoms with Crippen molar-refractivity contribution >= 4 is 17.3 Å². The van der Waals surface area contributed by atoms with E-state index in [1.807, 2.05) is 0 Å². The number of halogens is 6. The molecular weight excluding hydrogens is 422 g/mol. The van der Waals surface area contributed by atoms with Gasteiger partial charge in [-0.2, -0.15) is 26.3 Å². The highest BCUT2D eigenvalue weighted by Gasteiger charge is 2.34. The minimum Gasteiger partial charge on any atom is -0.497 e. The molecule has 0 radical (unpaired) electrons. The van der Waals surface area contributed by atoms with Crippen LogP contribution in [0.15, 0.2) is 28.6 Å². The van der Waals surface area contributed by atoms with Gasteiger partial charge in [-0.05, 0) is 17.7 Å². The zero-order chi connectivity index (χ0) is 21.7. The summed E-state index contributed by atoms with van der Waals surface area (Å²) in [6.45, 7) is 0.0488. The van der Waals surface area contributed by atoms with Crippen molar-refractivity contribution in [1.82, 2.24) is 15.6 Å². The molecule has 0 fully saturated rings. The summed E-state index contributed by atoms with van der Waals surface area (Å²) in [6.07, 6.45) is -8.84. The van der Waals surface area contributed by atoms with Crippen LogP contribution in [0.25, 0.3) is 0 Å². The molecule has 1 heterocycles. The van der Waals surface area contributed by atoms with E-state index in [0.29, 0.717) is 0 Å². The zero-order valence-corrected chi connectivity index (χ0v) is 16.2. The number of ether oxygens (including phenoxy) is 1. The summed E-state index contributed by atoms with van der Waals surface area (Å²) in [5, 5.41) is 6.81. The van der Waals surface area contributed by atoms with Gasteiger partial charge in [0.2, 0.25) is 0 Å². The molecule has 1 aromatic heterocycles. The molecule has 0 saturated heterocycles. The first-order valence-electron chi connectivity index (χ1n) is 8.25. The number of thiazole rings is 1. The molecule has 1 aromatic carbocycles. The van der Waals surface area contributed by atoms with E-state index >= 15 is 0 Å². The van der Waals surface area contributed by atoms with Crippen LogP contribution in [0.1, 0.15) is 21.8 Å². The Morgan fingerprint density at radius 3 is 2.41 bits per heavy atom. The Hall–Kier alpha value is -2.50. The van der Waals surface area contributed by atoms with Crippen molar-refractivity contribution in [3.63, 3.8) is 0 Å². The molecule has 0 unspecified atom stereocenters. The first-order chi connectivity index (χ1) is 13.5. The third kappa shape index (κ3) is 6.51. The van der Waals surface area contributed by atoms with Crippen molar-refractivity contribution in [1.29, 1.82) is 0 Å². The number of aliphatic imine (C=N–C) groups is 1. The second-order valence-electron chi connectivity index (χ2n) is 5.75. The Balaban J connectivity index is 1.94. The largest absolute Gasteiger partial charge is 0.497 e. The average Bonchev–Trinajstić information content (AvgIpc) is 3.13. The molecule has 0 spiro atoms. The van der Waals surface area contributed by atoms with Gasteiger partial charge in [0.15, 0.2) is 11.7 Å². The number of nitrogens with one attached hydrogen (secondary N) is 2. The monoisotopic (exact) mass is 440 g/mol. The normalized spacial score (nSPS) is 12.8. The fraction of sp³-hybridized carbons (Fsp3) is 0.412. The summed E-state index contributed by atoms with van der Waals surface area (Å²) in [5.41, 5.74) is -1.78. The summed E-state index contributed by atoms with van der Waals surface area (Å²) in [6, 6.07) is 3.63. The number of guanidine groups is 1. The highest BCUT2D eigenvalue weighted by Crippen LogP contribution is 2.34. The lowest BCUT2D eigenvalue weighted by molar-refractivity contribution is -0.141. The van der Waals surface area contributed by atoms with Crippen LogP contribution in [0, 0.1) is 0 Å². The molecule has 0 atom stereocenters. The summed E-state index contributed by atoms with van der Waals surface area (Å²) in [4.78, 5) is 7.40. The highest BCUT2D eigenvalue weighted by atomic mass is 32.1. The van der Waals surface area contributed by atoms with Crippen LogP contribution in [0.5, 0.6) is 5.75 Å². The number of rotatable bonds is 6. The molecule has 2 N–H and O–H groups in total. The maximum Gasteiger partial charge on any atom is 0.434 e. The van der Waals surface area contributed by atoms with Gasteiger partial charge in [0.25, 0.3) is 0 Å². The lowest BCUT2D eigenvalue weighted by Gasteiger charge is -2.16. The van der Waals surface area contributed by atoms with Crippen molar-refractivity contribution < 1.29 is 31.1 Å². The number of benzene rings is 1. The van der Waals surface area contributed by atoms with Crippen molar-refractivity contribution in [3.8, 4) is 5.75 Å². The standard InChI is InChI=1S/C17H18F6N4OS/c1-24-15(25-6-5-14-27-13(9-29-14)17(21,22)23)26-8-10-3-4-11(28-2)7-12(10)16(18,19)20/h3-4,7,9H,5-6,8H2,1-2H3,(H2,24,25,26). The molecule has 2 rings (SSSR count). The van der Waals surface area contributed by atoms with Gasteiger partial charge in [-0.15, -0.1) is 11.3 Å². The number of hydrogen-bond acceptors (Lipinski definition) is 4. The van der Waals surface area contributed by atoms with Crippen molar-refractivity contribution in [2.75, 3.05) is 20.7 Å². The summed E-state index contributed by atoms with van der Waals surface area (Å²) in [7, 11) is 2.71. The van der Waals surface area contributed by atoms with Crippen LogP contribution in [0.2, 0.25) is 0 Å². The Bertz CT molecular complexity index is 847. The zero-order valence-electron chi connectivity index (χ0n) is 15.4. The van der Waals surface area contributed by atoms with Crippen LogP contribution >= 0.6 is 11.3 Å². The number of hydrogen-bond donors (Lipinski definition) is 2. The van der Waals surface area contributed by atoms with E-state index < -0.39 is 23.6 Å². The lowest BCUT2D eigenvalue weighted by atomic mass is 10.1. The molecule has 160 valence electrons. The molecule has 29 heavy (non-hydrogen) atoms. The molecule has 0 aliphatic heterocycles. The smallest absolute Gasteiger partial charge is 0.434 e. The maximum absolute atomic E-state index is 13.2. The van der Waals surface area contributed by atoms with Crippen LogP contribution in [0.3, 0.4) is 0 Å². The maximum atomic E-state index is 13.2. The molecule has 0 amide bonds. The van der Waals surface area contributed by atoms with E-state index in [2.05, 4.69) is 20.6 Å². The Labute approximate surface area is 166 Å². The van der Waals surface area contributed by atoms with E-state index in [0.717, 1.165) is 22.8 Å². The third-order valence-electron chi connectivity index (χ3n) is 3.77. The molecule has 0 bridgehead atoms. The summed E-state index contributed by atoms with van der Waals surface area (Å²) >= 11 is 0.886. The first kappa shape index (κ1) is 22.8. The third-order valence-corrected chi connectivity index (χ3v) is 4.67. The minimum absolute atomic E-state index is 0.00371. The second-order valence-corrected chi connectivity index (χ2v) is 6.69. The topological polar surface area (TPSA) is 58.5 Å². The van der Waals surface area contributed by atoms with Gasteiger partial charge in [-0.3, -0.25) is 4.99 Å². The van der Waals surface area contributed by atoms with E-state index in [1.54, 1.807) is 0 Å². The highest BCUT2D eigenvalue weighted by molar-refractivity contribution is 7.09. The molecule has 5 nitrogen and oxygen atoms in total. The van der Waals surface area contributed by atoms with Gasteiger partial charge < -0.3 is 15.4 Å². The van der Waals surface area contributed by atoms with Crippen LogP contribution < -0.4 is 15.4 Å². The van der Waals surface area contributed by atoms with Crippen LogP contribution in [-0.2, 0) is 25.3 Å². The predicted octanol–water partition coefficient (Wildman–Crippen LogP) is 4.10. The van der Waals surface area contributed by atoms with Crippen molar-refractivity contribution in [2.45, 2.75) is 25.3 Å². The van der Waals surface area contributed by atoms with Crippen molar-refractivity contribution in [2.24, 2.45) is 4.99 Å². The van der Waals surface area contributed by atoms with Gasteiger partial charge in [-0.1, -0.05) is 6.07 Å². The SMILES string of the molecule is CN=C(NCCc1nc(C(F)(F)F)cs1)NCc1ccc(OC)cc1C(F)(F)F. The minimum atomic E-state index is -4.55. The van der Waals surface area contributed by atoms with Crippen molar-refractivity contribution in [3.05, 3.63) is 45.4 Å². The number of alkyl halides is 6. The van der Waals surface area contributed by atoms with Gasteiger partial charge >= 0.3 is 12.4 Å². The summed E-state index contributed by atoms with van der Waals surface area (Å²) in [5.74, 6) is 0.298. The average molecular weight is 440 g/mol. The number of nitrogens with zero attached hydrogens (tertiary/aromatic N) is 2. The Morgan fingerprint density at radius 2 is 1.86 bits per heavy atom. The van der Waals surface area contributed by atoms with Crippen LogP contribution in [-0.4, -0.2) is 31.6 Å². The molecule has 0 aliphatic rings. The molecule has 2 aromatic rings. The number of aromatic nitrogens is 1. The van der Waals surface area contributed by atoms with E-state index in [-0.39, 0.29) is 41.8 Å². The quantitative estimate of drug-likeness (QED) is 0.404. The fourth-order valence-corrected chi connectivity index (χ4v) is 3.15. The van der Waals surface area contributed by atoms with E-state index in [4.69, 9.17) is 4.74 Å². The number of methoxy groups -OCH3 is 1. The van der Waals surface area contributed by atoms with Gasteiger partial charge in [-0.25, -0.2) is 4.98 Å². The van der Waals surface area contributed by atoms with Gasteiger partial charge in [0.05, 0.1) is 17.7 Å². The Morgan fingerprint density at radius 1 is 1.14 bits per heavy atom. The van der Waals surface area contributed by atoms with Crippen LogP contribution in [0.4, 0.5) is 26.3 Å². The fourth-order valence-electron chi connectivity index (χ4n) is 2.34. The summed E-state index contributed by atoms with van der Waals surface area (Å²) < 4.78 is 82.2. The molecule has 12 heteroatoms. The molecule has 0 aliphatic carbocycles. The molecular formula is C17H18F6N4OS. The first-order valence-corrected chi connectivity index (χ1v) is 9.12. The van der Waals surface area contributed by atoms with Gasteiger partial charge in [0, 0.05) is 31.9 Å².